The molecule has 28 heavy (non-hydrogen) atoms. The van der Waals surface area contributed by atoms with E-state index in [9.17, 15) is 4.79 Å². The lowest BCUT2D eigenvalue weighted by molar-refractivity contribution is -0.115. The number of nitrogens with one attached hydrogen (secondary N) is 2. The number of aryl methyl sites for hydroxylation is 1. The summed E-state index contributed by atoms with van der Waals surface area (Å²) in [4.78, 5) is 20.6. The summed E-state index contributed by atoms with van der Waals surface area (Å²) in [5.74, 6) is 0.678. The van der Waals surface area contributed by atoms with Gasteiger partial charge in [-0.05, 0) is 38.4 Å². The third kappa shape index (κ3) is 4.73. The highest BCUT2D eigenvalue weighted by Gasteiger charge is 2.20. The number of amides is 1. The Hall–Kier alpha value is -2.78. The zero-order valence-corrected chi connectivity index (χ0v) is 16.3. The Morgan fingerprint density at radius 3 is 2.93 bits per heavy atom. The van der Waals surface area contributed by atoms with Crippen LogP contribution in [0, 0.1) is 6.92 Å². The molecule has 1 aliphatic heterocycles. The second-order valence-electron chi connectivity index (χ2n) is 6.66. The molecule has 1 fully saturated rings. The van der Waals surface area contributed by atoms with Crippen LogP contribution < -0.4 is 10.6 Å². The van der Waals surface area contributed by atoms with Crippen LogP contribution in [0.5, 0.6) is 0 Å². The minimum Gasteiger partial charge on any atom is -0.330 e. The Balaban J connectivity index is 0.00000225. The molecule has 0 spiro atoms. The van der Waals surface area contributed by atoms with E-state index in [-0.39, 0.29) is 36.7 Å². The molecule has 0 bridgehead atoms. The van der Waals surface area contributed by atoms with Gasteiger partial charge in [0.15, 0.2) is 5.82 Å². The first-order chi connectivity index (χ1) is 13.2. The van der Waals surface area contributed by atoms with E-state index < -0.39 is 0 Å². The summed E-state index contributed by atoms with van der Waals surface area (Å²) in [5.41, 5.74) is 1.86. The second kappa shape index (κ2) is 8.94. The van der Waals surface area contributed by atoms with Gasteiger partial charge in [0.1, 0.15) is 6.33 Å². The molecule has 1 aromatic carbocycles. The SMILES string of the molecule is Cc1ccc(NC(=O)Cc2noc(-c3ncn(C4CCCNC4)n3)n2)cc1.Cl. The number of nitrogens with zero attached hydrogens (tertiary/aromatic N) is 5. The molecule has 0 radical (unpaired) electrons. The lowest BCUT2D eigenvalue weighted by Crippen LogP contribution is -2.31. The topological polar surface area (TPSA) is 111 Å². The lowest BCUT2D eigenvalue weighted by atomic mass is 10.1. The number of benzene rings is 1. The number of aromatic nitrogens is 5. The van der Waals surface area contributed by atoms with Gasteiger partial charge in [0, 0.05) is 12.2 Å². The largest absolute Gasteiger partial charge is 0.330 e. The van der Waals surface area contributed by atoms with Crippen LogP contribution in [-0.4, -0.2) is 43.9 Å². The molecule has 2 N–H and O–H groups in total. The van der Waals surface area contributed by atoms with Crippen molar-refractivity contribution in [1.82, 2.24) is 30.2 Å². The fourth-order valence-electron chi connectivity index (χ4n) is 3.01. The van der Waals surface area contributed by atoms with Crippen molar-refractivity contribution in [1.29, 1.82) is 0 Å². The van der Waals surface area contributed by atoms with Crippen LogP contribution in [0.15, 0.2) is 35.1 Å². The van der Waals surface area contributed by atoms with E-state index in [4.69, 9.17) is 4.52 Å². The van der Waals surface area contributed by atoms with Crippen molar-refractivity contribution in [3.63, 3.8) is 0 Å². The Morgan fingerprint density at radius 1 is 1.36 bits per heavy atom. The van der Waals surface area contributed by atoms with E-state index in [0.29, 0.717) is 11.6 Å². The van der Waals surface area contributed by atoms with Crippen molar-refractivity contribution in [3.05, 3.63) is 42.0 Å². The van der Waals surface area contributed by atoms with Crippen molar-refractivity contribution in [2.24, 2.45) is 0 Å². The zero-order valence-electron chi connectivity index (χ0n) is 15.5. The minimum atomic E-state index is -0.210. The molecule has 10 heteroatoms. The maximum Gasteiger partial charge on any atom is 0.297 e. The van der Waals surface area contributed by atoms with E-state index in [0.717, 1.165) is 37.2 Å². The number of hydrogen-bond acceptors (Lipinski definition) is 7. The molecule has 0 saturated carbocycles. The molecule has 1 saturated heterocycles. The summed E-state index contributed by atoms with van der Waals surface area (Å²) in [5, 5.41) is 14.5. The third-order valence-corrected chi connectivity index (χ3v) is 4.47. The number of anilines is 1. The van der Waals surface area contributed by atoms with Gasteiger partial charge < -0.3 is 15.2 Å². The molecular weight excluding hydrogens is 382 g/mol. The lowest BCUT2D eigenvalue weighted by Gasteiger charge is -2.22. The molecule has 1 aliphatic rings. The molecule has 1 amide bonds. The molecule has 3 heterocycles. The smallest absolute Gasteiger partial charge is 0.297 e. The summed E-state index contributed by atoms with van der Waals surface area (Å²) in [7, 11) is 0. The Kier molecular flexibility index (Phi) is 6.37. The van der Waals surface area contributed by atoms with Gasteiger partial charge in [-0.3, -0.25) is 4.79 Å². The average molecular weight is 404 g/mol. The predicted octanol–water partition coefficient (Wildman–Crippen LogP) is 2.16. The molecule has 3 aromatic rings. The maximum absolute atomic E-state index is 12.1. The van der Waals surface area contributed by atoms with Gasteiger partial charge in [-0.1, -0.05) is 22.9 Å². The van der Waals surface area contributed by atoms with Crippen LogP contribution in [0.4, 0.5) is 5.69 Å². The Bertz CT molecular complexity index is 916. The van der Waals surface area contributed by atoms with Gasteiger partial charge in [-0.2, -0.15) is 4.98 Å². The fraction of sp³-hybridized carbons (Fsp3) is 0.389. The monoisotopic (exact) mass is 403 g/mol. The van der Waals surface area contributed by atoms with Crippen LogP contribution in [0.25, 0.3) is 11.7 Å². The molecular formula is C18H22ClN7O2. The average Bonchev–Trinajstić information content (AvgIpc) is 3.34. The maximum atomic E-state index is 12.1. The standard InChI is InChI=1S/C18H21N7O2.ClH/c1-12-4-6-13(7-5-12)21-16(26)9-15-22-18(27-24-15)17-20-11-25(23-17)14-3-2-8-19-10-14;/h4-7,11,14,19H,2-3,8-10H2,1H3,(H,21,26);1H. The van der Waals surface area contributed by atoms with Crippen molar-refractivity contribution >= 4 is 24.0 Å². The number of hydrogen-bond donors (Lipinski definition) is 2. The van der Waals surface area contributed by atoms with Crippen LogP contribution in [0.2, 0.25) is 0 Å². The van der Waals surface area contributed by atoms with Crippen molar-refractivity contribution in [2.45, 2.75) is 32.2 Å². The van der Waals surface area contributed by atoms with Crippen LogP contribution in [0.3, 0.4) is 0 Å². The van der Waals surface area contributed by atoms with Gasteiger partial charge in [0.05, 0.1) is 12.5 Å². The zero-order chi connectivity index (χ0) is 18.6. The number of halogens is 1. The van der Waals surface area contributed by atoms with Crippen molar-refractivity contribution in [2.75, 3.05) is 18.4 Å². The van der Waals surface area contributed by atoms with Gasteiger partial charge in [0.2, 0.25) is 11.7 Å². The van der Waals surface area contributed by atoms with Crippen molar-refractivity contribution in [3.8, 4) is 11.7 Å². The quantitative estimate of drug-likeness (QED) is 0.671. The van der Waals surface area contributed by atoms with Gasteiger partial charge in [0.25, 0.3) is 5.89 Å². The molecule has 1 unspecified atom stereocenters. The number of piperidine rings is 1. The predicted molar refractivity (Wildman–Crippen MR) is 105 cm³/mol. The summed E-state index contributed by atoms with van der Waals surface area (Å²) < 4.78 is 7.05. The van der Waals surface area contributed by atoms with Crippen molar-refractivity contribution < 1.29 is 9.32 Å². The van der Waals surface area contributed by atoms with E-state index in [1.54, 1.807) is 6.33 Å². The fourth-order valence-corrected chi connectivity index (χ4v) is 3.01. The minimum absolute atomic E-state index is 0. The van der Waals surface area contributed by atoms with E-state index in [1.165, 1.54) is 0 Å². The van der Waals surface area contributed by atoms with Crippen LogP contribution in [0.1, 0.15) is 30.3 Å². The molecule has 0 aliphatic carbocycles. The first-order valence-electron chi connectivity index (χ1n) is 8.99. The molecule has 4 rings (SSSR count). The third-order valence-electron chi connectivity index (χ3n) is 4.47. The first kappa shape index (κ1) is 20.0. The van der Waals surface area contributed by atoms with Gasteiger partial charge >= 0.3 is 0 Å². The van der Waals surface area contributed by atoms with Gasteiger partial charge in [-0.25, -0.2) is 9.67 Å². The normalized spacial score (nSPS) is 16.4. The number of rotatable bonds is 5. The molecule has 9 nitrogen and oxygen atoms in total. The number of carbonyl (C=O) groups excluding carboxylic acids is 1. The highest BCUT2D eigenvalue weighted by molar-refractivity contribution is 5.91. The Labute approximate surface area is 168 Å². The van der Waals surface area contributed by atoms with E-state index in [2.05, 4.69) is 30.9 Å². The Morgan fingerprint density at radius 2 is 2.18 bits per heavy atom. The molecule has 1 atom stereocenters. The highest BCUT2D eigenvalue weighted by atomic mass is 35.5. The van der Waals surface area contributed by atoms with E-state index in [1.807, 2.05) is 35.9 Å². The highest BCUT2D eigenvalue weighted by Crippen LogP contribution is 2.18. The van der Waals surface area contributed by atoms with Gasteiger partial charge in [-0.15, -0.1) is 17.5 Å². The van der Waals surface area contributed by atoms with Crippen LogP contribution >= 0.6 is 12.4 Å². The second-order valence-corrected chi connectivity index (χ2v) is 6.66. The molecule has 148 valence electrons. The summed E-state index contributed by atoms with van der Waals surface area (Å²) in [6, 6.07) is 7.86. The molecule has 2 aromatic heterocycles. The summed E-state index contributed by atoms with van der Waals surface area (Å²) >= 11 is 0. The number of carbonyl (C=O) groups is 1. The first-order valence-corrected chi connectivity index (χ1v) is 8.99. The summed E-state index contributed by atoms with van der Waals surface area (Å²) in [6.07, 6.45) is 3.87. The van der Waals surface area contributed by atoms with E-state index >= 15 is 0 Å². The van der Waals surface area contributed by atoms with Crippen LogP contribution in [-0.2, 0) is 11.2 Å². The summed E-state index contributed by atoms with van der Waals surface area (Å²) in [6.45, 7) is 3.90.